The highest BCUT2D eigenvalue weighted by Gasteiger charge is 2.21. The van der Waals surface area contributed by atoms with E-state index >= 15 is 0 Å². The summed E-state index contributed by atoms with van der Waals surface area (Å²) in [6.45, 7) is 3.87. The van der Waals surface area contributed by atoms with Crippen molar-refractivity contribution in [1.29, 1.82) is 0 Å². The van der Waals surface area contributed by atoms with Gasteiger partial charge in [-0.15, -0.1) is 0 Å². The first-order chi connectivity index (χ1) is 13.6. The molecule has 0 bridgehead atoms. The topological polar surface area (TPSA) is 87.7 Å². The molecule has 0 aliphatic carbocycles. The molecule has 1 aliphatic rings. The fraction of sp³-hybridized carbons (Fsp3) is 0.286. The number of hydrogen-bond donors (Lipinski definition) is 2. The fourth-order valence-corrected chi connectivity index (χ4v) is 2.86. The van der Waals surface area contributed by atoms with Gasteiger partial charge in [-0.1, -0.05) is 19.1 Å². The summed E-state index contributed by atoms with van der Waals surface area (Å²) in [5.74, 6) is -0.542. The van der Waals surface area contributed by atoms with Crippen LogP contribution in [0, 0.1) is 0 Å². The molecule has 0 saturated carbocycles. The number of anilines is 2. The zero-order valence-corrected chi connectivity index (χ0v) is 15.7. The molecule has 0 unspecified atom stereocenters. The van der Waals surface area contributed by atoms with E-state index in [2.05, 4.69) is 10.6 Å². The van der Waals surface area contributed by atoms with Gasteiger partial charge < -0.3 is 20.3 Å². The van der Waals surface area contributed by atoms with Gasteiger partial charge in [-0.05, 0) is 36.4 Å². The number of para-hydroxylation sites is 1. The molecule has 2 aromatic rings. The van der Waals surface area contributed by atoms with Crippen molar-refractivity contribution in [3.05, 3.63) is 59.7 Å². The summed E-state index contributed by atoms with van der Waals surface area (Å²) < 4.78 is 5.29. The number of nitrogens with one attached hydrogen (secondary N) is 2. The third-order valence-corrected chi connectivity index (χ3v) is 4.46. The molecule has 1 fully saturated rings. The third kappa shape index (κ3) is 4.75. The van der Waals surface area contributed by atoms with Crippen LogP contribution in [0.25, 0.3) is 0 Å². The van der Waals surface area contributed by atoms with Crippen molar-refractivity contribution in [3.63, 3.8) is 0 Å². The molecule has 0 aromatic heterocycles. The monoisotopic (exact) mass is 381 g/mol. The van der Waals surface area contributed by atoms with Crippen LogP contribution in [0.4, 0.5) is 11.4 Å². The highest BCUT2D eigenvalue weighted by molar-refractivity contribution is 6.09. The second-order valence-corrected chi connectivity index (χ2v) is 6.38. The summed E-state index contributed by atoms with van der Waals surface area (Å²) in [5.41, 5.74) is 1.98. The molecule has 7 heteroatoms. The predicted molar refractivity (Wildman–Crippen MR) is 106 cm³/mol. The van der Waals surface area contributed by atoms with Gasteiger partial charge in [0.05, 0.1) is 24.5 Å². The maximum atomic E-state index is 12.8. The van der Waals surface area contributed by atoms with E-state index < -0.39 is 0 Å². The molecule has 7 nitrogen and oxygen atoms in total. The number of nitrogens with zero attached hydrogens (tertiary/aromatic N) is 1. The van der Waals surface area contributed by atoms with Gasteiger partial charge in [-0.3, -0.25) is 14.4 Å². The second-order valence-electron chi connectivity index (χ2n) is 6.38. The lowest BCUT2D eigenvalue weighted by atomic mass is 10.1. The van der Waals surface area contributed by atoms with Gasteiger partial charge in [-0.2, -0.15) is 0 Å². The van der Waals surface area contributed by atoms with Crippen molar-refractivity contribution in [3.8, 4) is 0 Å². The number of carbonyl (C=O) groups excluding carboxylic acids is 3. The summed E-state index contributed by atoms with van der Waals surface area (Å²) in [7, 11) is 0. The molecule has 0 spiro atoms. The lowest BCUT2D eigenvalue weighted by Gasteiger charge is -2.27. The number of ether oxygens (including phenoxy) is 1. The SMILES string of the molecule is CCC(=O)Nc1ccc(C(=O)Nc2ccccc2C(=O)N2CCOCC2)cc1. The Morgan fingerprint density at radius 1 is 0.964 bits per heavy atom. The molecule has 1 saturated heterocycles. The second kappa shape index (κ2) is 9.14. The van der Waals surface area contributed by atoms with E-state index in [0.29, 0.717) is 55.2 Å². The molecular formula is C21H23N3O4. The largest absolute Gasteiger partial charge is 0.378 e. The molecule has 0 atom stereocenters. The minimum absolute atomic E-state index is 0.0900. The molecule has 3 rings (SSSR count). The number of amides is 3. The van der Waals surface area contributed by atoms with Crippen molar-refractivity contribution in [1.82, 2.24) is 4.90 Å². The lowest BCUT2D eigenvalue weighted by Crippen LogP contribution is -2.41. The minimum Gasteiger partial charge on any atom is -0.378 e. The molecular weight excluding hydrogens is 358 g/mol. The quantitative estimate of drug-likeness (QED) is 0.834. The standard InChI is InChI=1S/C21H23N3O4/c1-2-19(25)22-16-9-7-15(8-10-16)20(26)23-18-6-4-3-5-17(18)21(27)24-11-13-28-14-12-24/h3-10H,2,11-14H2,1H3,(H,22,25)(H,23,26). The van der Waals surface area contributed by atoms with Crippen molar-refractivity contribution in [2.45, 2.75) is 13.3 Å². The summed E-state index contributed by atoms with van der Waals surface area (Å²) in [6, 6.07) is 13.6. The van der Waals surface area contributed by atoms with E-state index in [1.165, 1.54) is 0 Å². The van der Waals surface area contributed by atoms with Gasteiger partial charge in [0.15, 0.2) is 0 Å². The third-order valence-electron chi connectivity index (χ3n) is 4.46. The van der Waals surface area contributed by atoms with Crippen LogP contribution < -0.4 is 10.6 Å². The molecule has 0 radical (unpaired) electrons. The number of rotatable bonds is 5. The fourth-order valence-electron chi connectivity index (χ4n) is 2.86. The molecule has 2 N–H and O–H groups in total. The molecule has 1 heterocycles. The molecule has 146 valence electrons. The van der Waals surface area contributed by atoms with Crippen molar-refractivity contribution in [2.75, 3.05) is 36.9 Å². The van der Waals surface area contributed by atoms with Crippen LogP contribution in [0.2, 0.25) is 0 Å². The average Bonchev–Trinajstić information content (AvgIpc) is 2.74. The lowest BCUT2D eigenvalue weighted by molar-refractivity contribution is -0.115. The summed E-state index contributed by atoms with van der Waals surface area (Å²) >= 11 is 0. The van der Waals surface area contributed by atoms with Gasteiger partial charge in [0.2, 0.25) is 5.91 Å². The number of hydrogen-bond acceptors (Lipinski definition) is 4. The maximum Gasteiger partial charge on any atom is 0.256 e. The summed E-state index contributed by atoms with van der Waals surface area (Å²) in [4.78, 5) is 38.6. The molecule has 28 heavy (non-hydrogen) atoms. The van der Waals surface area contributed by atoms with Crippen molar-refractivity contribution >= 4 is 29.1 Å². The summed E-state index contributed by atoms with van der Waals surface area (Å²) in [6.07, 6.45) is 0.385. The maximum absolute atomic E-state index is 12.8. The van der Waals surface area contributed by atoms with Crippen LogP contribution in [-0.2, 0) is 9.53 Å². The van der Waals surface area contributed by atoms with Crippen LogP contribution in [0.3, 0.4) is 0 Å². The van der Waals surface area contributed by atoms with Crippen molar-refractivity contribution < 1.29 is 19.1 Å². The molecule has 2 aromatic carbocycles. The van der Waals surface area contributed by atoms with E-state index in [1.807, 2.05) is 0 Å². The van der Waals surface area contributed by atoms with E-state index in [9.17, 15) is 14.4 Å². The first-order valence-corrected chi connectivity index (χ1v) is 9.26. The van der Waals surface area contributed by atoms with Crippen LogP contribution in [0.15, 0.2) is 48.5 Å². The smallest absolute Gasteiger partial charge is 0.256 e. The Bertz CT molecular complexity index is 858. The first-order valence-electron chi connectivity index (χ1n) is 9.26. The van der Waals surface area contributed by atoms with Crippen molar-refractivity contribution in [2.24, 2.45) is 0 Å². The normalized spacial score (nSPS) is 13.7. The number of carbonyl (C=O) groups is 3. The predicted octanol–water partition coefficient (Wildman–Crippen LogP) is 2.76. The first kappa shape index (κ1) is 19.6. The highest BCUT2D eigenvalue weighted by atomic mass is 16.5. The molecule has 3 amide bonds. The average molecular weight is 381 g/mol. The van der Waals surface area contributed by atoms with E-state index in [4.69, 9.17) is 4.74 Å². The van der Waals surface area contributed by atoms with Gasteiger partial charge in [-0.25, -0.2) is 0 Å². The Labute approximate surface area is 163 Å². The zero-order chi connectivity index (χ0) is 19.9. The van der Waals surface area contributed by atoms with E-state index in [1.54, 1.807) is 60.4 Å². The Morgan fingerprint density at radius 2 is 1.64 bits per heavy atom. The Morgan fingerprint density at radius 3 is 2.32 bits per heavy atom. The Balaban J connectivity index is 1.72. The van der Waals surface area contributed by atoms with Crippen LogP contribution in [0.5, 0.6) is 0 Å². The number of benzene rings is 2. The summed E-state index contributed by atoms with van der Waals surface area (Å²) in [5, 5.41) is 5.55. The number of morpholine rings is 1. The molecule has 1 aliphatic heterocycles. The van der Waals surface area contributed by atoms with E-state index in [-0.39, 0.29) is 17.7 Å². The highest BCUT2D eigenvalue weighted by Crippen LogP contribution is 2.20. The van der Waals surface area contributed by atoms with Crippen LogP contribution >= 0.6 is 0 Å². The Kier molecular flexibility index (Phi) is 6.39. The Hall–Kier alpha value is -3.19. The van der Waals surface area contributed by atoms with Gasteiger partial charge in [0.25, 0.3) is 11.8 Å². The minimum atomic E-state index is -0.324. The zero-order valence-electron chi connectivity index (χ0n) is 15.7. The van der Waals surface area contributed by atoms with Crippen LogP contribution in [-0.4, -0.2) is 48.9 Å². The van der Waals surface area contributed by atoms with E-state index in [0.717, 1.165) is 0 Å². The van der Waals surface area contributed by atoms with Gasteiger partial charge >= 0.3 is 0 Å². The van der Waals surface area contributed by atoms with Gasteiger partial charge in [0, 0.05) is 30.8 Å². The van der Waals surface area contributed by atoms with Crippen LogP contribution in [0.1, 0.15) is 34.1 Å². The van der Waals surface area contributed by atoms with Gasteiger partial charge in [0.1, 0.15) is 0 Å².